The Bertz CT molecular complexity index is 830. The lowest BCUT2D eigenvalue weighted by Crippen LogP contribution is -2.13. The maximum Gasteiger partial charge on any atom is 0.389 e. The number of allylic oxidation sites excluding steroid dienone is 1. The predicted octanol–water partition coefficient (Wildman–Crippen LogP) is 5.17. The van der Waals surface area contributed by atoms with Gasteiger partial charge in [0.15, 0.2) is 5.78 Å². The molecule has 7 heteroatoms. The molecule has 1 aromatic carbocycles. The number of benzene rings is 1. The Morgan fingerprint density at radius 3 is 2.79 bits per heavy atom. The van der Waals surface area contributed by atoms with Crippen molar-refractivity contribution in [3.05, 3.63) is 46.3 Å². The Hall–Kier alpha value is -2.08. The van der Waals surface area contributed by atoms with Gasteiger partial charge in [-0.2, -0.15) is 13.2 Å². The van der Waals surface area contributed by atoms with Crippen LogP contribution in [0.25, 0.3) is 17.0 Å². The molecule has 0 saturated heterocycles. The van der Waals surface area contributed by atoms with E-state index in [1.165, 1.54) is 0 Å². The quantitative estimate of drug-likeness (QED) is 0.710. The van der Waals surface area contributed by atoms with Crippen molar-refractivity contribution in [3.8, 4) is 0 Å². The van der Waals surface area contributed by atoms with Gasteiger partial charge in [0.05, 0.1) is 24.2 Å². The van der Waals surface area contributed by atoms with Gasteiger partial charge in [-0.1, -0.05) is 17.7 Å². The zero-order valence-corrected chi connectivity index (χ0v) is 13.2. The van der Waals surface area contributed by atoms with Gasteiger partial charge in [0.1, 0.15) is 5.76 Å². The number of alkyl halides is 3. The molecule has 1 aromatic heterocycles. The molecule has 24 heavy (non-hydrogen) atoms. The number of ether oxygens (including phenoxy) is 1. The molecule has 0 aliphatic heterocycles. The van der Waals surface area contributed by atoms with Gasteiger partial charge < -0.3 is 4.74 Å². The smallest absolute Gasteiger partial charge is 0.389 e. The molecule has 3 nitrogen and oxygen atoms in total. The van der Waals surface area contributed by atoms with E-state index >= 15 is 0 Å². The van der Waals surface area contributed by atoms with Crippen LogP contribution in [0.15, 0.2) is 30.0 Å². The number of Topliss-reactive ketones (excluding diaryl/α,β-unsaturated/α-hetero) is 1. The molecule has 0 unspecified atom stereocenters. The van der Waals surface area contributed by atoms with E-state index in [9.17, 15) is 18.0 Å². The summed E-state index contributed by atoms with van der Waals surface area (Å²) < 4.78 is 41.7. The lowest BCUT2D eigenvalue weighted by Gasteiger charge is -2.17. The van der Waals surface area contributed by atoms with E-state index in [1.807, 2.05) is 0 Å². The molecule has 0 N–H and O–H groups in total. The minimum Gasteiger partial charge on any atom is -0.497 e. The SMILES string of the molecule is O=C1CC(OCCCC(F)(F)F)=Cc2nc3cc(Cl)ccc3cc21. The summed E-state index contributed by atoms with van der Waals surface area (Å²) in [6.07, 6.45) is -3.63. The first-order valence-electron chi connectivity index (χ1n) is 7.35. The highest BCUT2D eigenvalue weighted by molar-refractivity contribution is 6.31. The Labute approximate surface area is 141 Å². The van der Waals surface area contributed by atoms with Crippen molar-refractivity contribution in [2.75, 3.05) is 6.61 Å². The minimum absolute atomic E-state index is 0.0276. The summed E-state index contributed by atoms with van der Waals surface area (Å²) in [5.74, 6) is 0.172. The summed E-state index contributed by atoms with van der Waals surface area (Å²) in [5.41, 5.74) is 1.57. The highest BCUT2D eigenvalue weighted by Crippen LogP contribution is 2.28. The molecule has 1 aliphatic carbocycles. The second-order valence-corrected chi connectivity index (χ2v) is 5.97. The Morgan fingerprint density at radius 1 is 1.25 bits per heavy atom. The normalized spacial score (nSPS) is 14.5. The number of rotatable bonds is 4. The zero-order valence-electron chi connectivity index (χ0n) is 12.5. The Morgan fingerprint density at radius 2 is 2.04 bits per heavy atom. The van der Waals surface area contributed by atoms with Gasteiger partial charge >= 0.3 is 6.18 Å². The summed E-state index contributed by atoms with van der Waals surface area (Å²) in [6.45, 7) is -0.0899. The molecule has 126 valence electrons. The van der Waals surface area contributed by atoms with E-state index in [-0.39, 0.29) is 25.2 Å². The number of nitrogens with zero attached hydrogens (tertiary/aromatic N) is 1. The van der Waals surface area contributed by atoms with Gasteiger partial charge in [-0.15, -0.1) is 0 Å². The van der Waals surface area contributed by atoms with E-state index in [4.69, 9.17) is 16.3 Å². The fourth-order valence-corrected chi connectivity index (χ4v) is 2.68. The number of hydrogen-bond acceptors (Lipinski definition) is 3. The number of hydrogen-bond donors (Lipinski definition) is 0. The van der Waals surface area contributed by atoms with E-state index < -0.39 is 12.6 Å². The van der Waals surface area contributed by atoms with Crippen LogP contribution >= 0.6 is 11.6 Å². The number of fused-ring (bicyclic) bond motifs is 2. The van der Waals surface area contributed by atoms with Crippen molar-refractivity contribution < 1.29 is 22.7 Å². The summed E-state index contributed by atoms with van der Waals surface area (Å²) in [6, 6.07) is 6.93. The van der Waals surface area contributed by atoms with Crippen LogP contribution in [0.3, 0.4) is 0 Å². The monoisotopic (exact) mass is 355 g/mol. The Balaban J connectivity index is 1.79. The van der Waals surface area contributed by atoms with Crippen molar-refractivity contribution in [3.63, 3.8) is 0 Å². The van der Waals surface area contributed by atoms with E-state index in [0.717, 1.165) is 5.39 Å². The van der Waals surface area contributed by atoms with Crippen LogP contribution in [0.2, 0.25) is 5.02 Å². The molecule has 0 fully saturated rings. The molecule has 0 atom stereocenters. The third-order valence-electron chi connectivity index (χ3n) is 3.63. The average molecular weight is 356 g/mol. The van der Waals surface area contributed by atoms with Crippen molar-refractivity contribution >= 4 is 34.4 Å². The van der Waals surface area contributed by atoms with Crippen LogP contribution in [0, 0.1) is 0 Å². The molecule has 0 bridgehead atoms. The predicted molar refractivity (Wildman–Crippen MR) is 84.9 cm³/mol. The van der Waals surface area contributed by atoms with E-state index in [1.54, 1.807) is 30.3 Å². The molecule has 3 rings (SSSR count). The third-order valence-corrected chi connectivity index (χ3v) is 3.87. The van der Waals surface area contributed by atoms with Crippen LogP contribution in [-0.4, -0.2) is 23.6 Å². The second kappa shape index (κ2) is 6.43. The van der Waals surface area contributed by atoms with Gasteiger partial charge in [0, 0.05) is 28.5 Å². The topological polar surface area (TPSA) is 39.2 Å². The molecule has 0 saturated carbocycles. The molecule has 1 heterocycles. The molecule has 0 radical (unpaired) electrons. The van der Waals surface area contributed by atoms with Crippen molar-refractivity contribution in [2.24, 2.45) is 0 Å². The molecular formula is C17H13ClF3NO2. The van der Waals surface area contributed by atoms with Crippen LogP contribution in [0.1, 0.15) is 35.3 Å². The lowest BCUT2D eigenvalue weighted by atomic mass is 9.97. The number of carbonyl (C=O) groups excluding carboxylic acids is 1. The number of ketones is 1. The molecule has 2 aromatic rings. The van der Waals surface area contributed by atoms with Crippen molar-refractivity contribution in [1.82, 2.24) is 4.98 Å². The molecule has 0 spiro atoms. The number of carbonyl (C=O) groups is 1. The zero-order chi connectivity index (χ0) is 17.3. The number of aromatic nitrogens is 1. The highest BCUT2D eigenvalue weighted by Gasteiger charge is 2.26. The maximum absolute atomic E-state index is 12.2. The first-order chi connectivity index (χ1) is 11.3. The van der Waals surface area contributed by atoms with Gasteiger partial charge in [-0.3, -0.25) is 4.79 Å². The summed E-state index contributed by atoms with van der Waals surface area (Å²) in [4.78, 5) is 16.6. The van der Waals surface area contributed by atoms with Crippen LogP contribution < -0.4 is 0 Å². The minimum atomic E-state index is -4.20. The summed E-state index contributed by atoms with van der Waals surface area (Å²) in [5, 5.41) is 1.33. The number of halogens is 4. The third kappa shape index (κ3) is 3.87. The summed E-state index contributed by atoms with van der Waals surface area (Å²) in [7, 11) is 0. The average Bonchev–Trinajstić information content (AvgIpc) is 2.49. The molecule has 1 aliphatic rings. The Kier molecular flexibility index (Phi) is 4.49. The summed E-state index contributed by atoms with van der Waals surface area (Å²) >= 11 is 5.94. The van der Waals surface area contributed by atoms with Gasteiger partial charge in [-0.25, -0.2) is 4.98 Å². The van der Waals surface area contributed by atoms with Crippen LogP contribution in [-0.2, 0) is 4.74 Å². The largest absolute Gasteiger partial charge is 0.497 e. The van der Waals surface area contributed by atoms with Gasteiger partial charge in [0.25, 0.3) is 0 Å². The maximum atomic E-state index is 12.2. The van der Waals surface area contributed by atoms with Gasteiger partial charge in [-0.05, 0) is 24.6 Å². The lowest BCUT2D eigenvalue weighted by molar-refractivity contribution is -0.137. The van der Waals surface area contributed by atoms with Crippen LogP contribution in [0.4, 0.5) is 13.2 Å². The number of pyridine rings is 1. The van der Waals surface area contributed by atoms with Crippen LogP contribution in [0.5, 0.6) is 0 Å². The first-order valence-corrected chi connectivity index (χ1v) is 7.73. The van der Waals surface area contributed by atoms with Crippen molar-refractivity contribution in [2.45, 2.75) is 25.4 Å². The molecule has 0 amide bonds. The van der Waals surface area contributed by atoms with Crippen molar-refractivity contribution in [1.29, 1.82) is 0 Å². The van der Waals surface area contributed by atoms with E-state index in [2.05, 4.69) is 4.98 Å². The fourth-order valence-electron chi connectivity index (χ4n) is 2.51. The van der Waals surface area contributed by atoms with E-state index in [0.29, 0.717) is 27.6 Å². The fraction of sp³-hybridized carbons (Fsp3) is 0.294. The highest BCUT2D eigenvalue weighted by atomic mass is 35.5. The van der Waals surface area contributed by atoms with Gasteiger partial charge in [0.2, 0.25) is 0 Å². The second-order valence-electron chi connectivity index (χ2n) is 5.54. The first kappa shape index (κ1) is 16.8. The standard InChI is InChI=1S/C17H13ClF3NO2/c18-11-3-2-10-6-13-15(22-14(10)7-11)8-12(9-16(13)23)24-5-1-4-17(19,20)21/h2-3,6-8H,1,4-5,9H2. The molecular weight excluding hydrogens is 343 g/mol.